The number of anilines is 2. The molecule has 1 aliphatic rings. The van der Waals surface area contributed by atoms with Crippen LogP contribution in [0.15, 0.2) is 41.3 Å². The van der Waals surface area contributed by atoms with Crippen LogP contribution in [0.4, 0.5) is 16.6 Å². The number of aromatic amines is 1. The first-order valence-corrected chi connectivity index (χ1v) is 10.1. The summed E-state index contributed by atoms with van der Waals surface area (Å²) >= 11 is 6.17. The fourth-order valence-corrected chi connectivity index (χ4v) is 3.78. The van der Waals surface area contributed by atoms with E-state index < -0.39 is 6.09 Å². The summed E-state index contributed by atoms with van der Waals surface area (Å²) in [6, 6.07) is 8.45. The fraction of sp³-hybridized carbons (Fsp3) is 0.333. The number of carbonyl (C=O) groups is 1. The van der Waals surface area contributed by atoms with Crippen molar-refractivity contribution in [3.8, 4) is 0 Å². The van der Waals surface area contributed by atoms with Crippen LogP contribution in [0, 0.1) is 5.92 Å². The number of hydrogen-bond donors (Lipinski definition) is 2. The molecular formula is C21H22ClN5O3. The number of halogens is 1. The minimum absolute atomic E-state index is 0.0919. The number of carbonyl (C=O) groups excluding carboxylic acids is 1. The van der Waals surface area contributed by atoms with E-state index in [0.29, 0.717) is 34.5 Å². The zero-order valence-corrected chi connectivity index (χ0v) is 17.6. The lowest BCUT2D eigenvalue weighted by molar-refractivity contribution is 0.177. The number of nitrogens with one attached hydrogen (secondary N) is 2. The molecule has 1 fully saturated rings. The van der Waals surface area contributed by atoms with Gasteiger partial charge in [-0.05, 0) is 31.0 Å². The van der Waals surface area contributed by atoms with Gasteiger partial charge >= 0.3 is 6.09 Å². The first kappa shape index (κ1) is 20.2. The smallest absolute Gasteiger partial charge is 0.415 e. The standard InChI is InChI=1S/C21H22ClN5O3/c1-11(2)16-10-30-21(29)27(16)17-7-8-23-20(25-17)24-12(3)14-9-13-5-4-6-15(22)18(13)26-19(14)28/h4-9,11-12,16H,10H2,1-3H3,(H,26,28)(H,23,24,25)/t12-,16+/m0/s1. The van der Waals surface area contributed by atoms with E-state index in [0.717, 1.165) is 5.39 Å². The van der Waals surface area contributed by atoms with E-state index >= 15 is 0 Å². The van der Waals surface area contributed by atoms with E-state index in [9.17, 15) is 9.59 Å². The van der Waals surface area contributed by atoms with E-state index in [1.165, 1.54) is 0 Å². The average Bonchev–Trinajstić information content (AvgIpc) is 3.10. The molecule has 0 unspecified atom stereocenters. The number of fused-ring (bicyclic) bond motifs is 1. The summed E-state index contributed by atoms with van der Waals surface area (Å²) in [5, 5.41) is 4.47. The highest BCUT2D eigenvalue weighted by Gasteiger charge is 2.37. The van der Waals surface area contributed by atoms with E-state index in [1.54, 1.807) is 29.3 Å². The maximum atomic E-state index is 12.6. The van der Waals surface area contributed by atoms with Crippen molar-refractivity contribution in [1.29, 1.82) is 0 Å². The van der Waals surface area contributed by atoms with Crippen LogP contribution >= 0.6 is 11.6 Å². The third-order valence-electron chi connectivity index (χ3n) is 5.23. The number of ether oxygens (including phenoxy) is 1. The number of nitrogens with zero attached hydrogens (tertiary/aromatic N) is 3. The molecule has 30 heavy (non-hydrogen) atoms. The van der Waals surface area contributed by atoms with Gasteiger partial charge in [-0.25, -0.2) is 9.78 Å². The van der Waals surface area contributed by atoms with Gasteiger partial charge in [-0.3, -0.25) is 9.69 Å². The SMILES string of the molecule is CC(C)[C@H]1COC(=O)N1c1ccnc(N[C@@H](C)c2cc3cccc(Cl)c3[nH]c2=O)n1. The number of aromatic nitrogens is 3. The van der Waals surface area contributed by atoms with E-state index in [4.69, 9.17) is 16.3 Å². The van der Waals surface area contributed by atoms with Gasteiger partial charge in [0.05, 0.1) is 22.6 Å². The quantitative estimate of drug-likeness (QED) is 0.635. The van der Waals surface area contributed by atoms with Gasteiger partial charge in [0.2, 0.25) is 5.95 Å². The van der Waals surface area contributed by atoms with Crippen LogP contribution < -0.4 is 15.8 Å². The number of H-pyrrole nitrogens is 1. The van der Waals surface area contributed by atoms with Crippen LogP contribution in [0.25, 0.3) is 10.9 Å². The lowest BCUT2D eigenvalue weighted by Crippen LogP contribution is -2.37. The Labute approximate surface area is 178 Å². The Morgan fingerprint density at radius 3 is 2.83 bits per heavy atom. The number of rotatable bonds is 5. The highest BCUT2D eigenvalue weighted by molar-refractivity contribution is 6.35. The van der Waals surface area contributed by atoms with Crippen LogP contribution in [-0.4, -0.2) is 33.7 Å². The predicted molar refractivity (Wildman–Crippen MR) is 116 cm³/mol. The molecule has 8 nitrogen and oxygen atoms in total. The van der Waals surface area contributed by atoms with Gasteiger partial charge in [0.1, 0.15) is 12.4 Å². The first-order valence-electron chi connectivity index (χ1n) is 9.72. The number of para-hydroxylation sites is 1. The molecule has 0 saturated carbocycles. The molecule has 2 atom stereocenters. The number of cyclic esters (lactones) is 1. The molecular weight excluding hydrogens is 406 g/mol. The summed E-state index contributed by atoms with van der Waals surface area (Å²) in [6.45, 7) is 6.23. The molecule has 4 rings (SSSR count). The largest absolute Gasteiger partial charge is 0.447 e. The first-order chi connectivity index (χ1) is 14.3. The Balaban J connectivity index is 1.62. The number of hydrogen-bond acceptors (Lipinski definition) is 6. The molecule has 0 radical (unpaired) electrons. The summed E-state index contributed by atoms with van der Waals surface area (Å²) in [7, 11) is 0. The summed E-state index contributed by atoms with van der Waals surface area (Å²) in [4.78, 5) is 37.9. The molecule has 1 amide bonds. The van der Waals surface area contributed by atoms with Gasteiger partial charge in [0.25, 0.3) is 5.56 Å². The normalized spacial score (nSPS) is 17.4. The van der Waals surface area contributed by atoms with Gasteiger partial charge in [-0.15, -0.1) is 0 Å². The Hall–Kier alpha value is -3.13. The maximum Gasteiger partial charge on any atom is 0.415 e. The highest BCUT2D eigenvalue weighted by atomic mass is 35.5. The minimum Gasteiger partial charge on any atom is -0.447 e. The summed E-state index contributed by atoms with van der Waals surface area (Å²) in [5.74, 6) is 0.984. The summed E-state index contributed by atoms with van der Waals surface area (Å²) in [6.07, 6.45) is 1.15. The molecule has 2 N–H and O–H groups in total. The van der Waals surface area contributed by atoms with E-state index in [-0.39, 0.29) is 23.6 Å². The lowest BCUT2D eigenvalue weighted by atomic mass is 10.0. The zero-order valence-electron chi connectivity index (χ0n) is 16.8. The third kappa shape index (κ3) is 3.70. The van der Waals surface area contributed by atoms with Gasteiger partial charge in [-0.2, -0.15) is 4.98 Å². The molecule has 3 heterocycles. The maximum absolute atomic E-state index is 12.6. The molecule has 2 aromatic heterocycles. The lowest BCUT2D eigenvalue weighted by Gasteiger charge is -2.23. The van der Waals surface area contributed by atoms with Crippen LogP contribution in [0.3, 0.4) is 0 Å². The Morgan fingerprint density at radius 2 is 2.07 bits per heavy atom. The van der Waals surface area contributed by atoms with Gasteiger partial charge in [-0.1, -0.05) is 37.6 Å². The van der Waals surface area contributed by atoms with Crippen molar-refractivity contribution < 1.29 is 9.53 Å². The fourth-order valence-electron chi connectivity index (χ4n) is 3.55. The Bertz CT molecular complexity index is 1160. The third-order valence-corrected chi connectivity index (χ3v) is 5.55. The van der Waals surface area contributed by atoms with Crippen LogP contribution in [-0.2, 0) is 4.74 Å². The Kier molecular flexibility index (Phi) is 5.34. The second kappa shape index (κ2) is 7.95. The van der Waals surface area contributed by atoms with Crippen LogP contribution in [0.2, 0.25) is 5.02 Å². The molecule has 0 aliphatic carbocycles. The highest BCUT2D eigenvalue weighted by Crippen LogP contribution is 2.27. The summed E-state index contributed by atoms with van der Waals surface area (Å²) in [5.41, 5.74) is 0.889. The predicted octanol–water partition coefficient (Wildman–Crippen LogP) is 4.13. The topological polar surface area (TPSA) is 100 Å². The Morgan fingerprint density at radius 1 is 1.27 bits per heavy atom. The van der Waals surface area contributed by atoms with Gasteiger partial charge in [0.15, 0.2) is 0 Å². The number of pyridine rings is 1. The molecule has 3 aromatic rings. The molecule has 0 bridgehead atoms. The van der Waals surface area contributed by atoms with Crippen molar-refractivity contribution in [2.24, 2.45) is 5.92 Å². The van der Waals surface area contributed by atoms with Crippen LogP contribution in [0.1, 0.15) is 32.4 Å². The molecule has 156 valence electrons. The molecule has 1 aromatic carbocycles. The second-order valence-electron chi connectivity index (χ2n) is 7.62. The average molecular weight is 428 g/mol. The molecule has 0 spiro atoms. The van der Waals surface area contributed by atoms with Crippen molar-refractivity contribution in [3.63, 3.8) is 0 Å². The number of amides is 1. The summed E-state index contributed by atoms with van der Waals surface area (Å²) < 4.78 is 5.20. The van der Waals surface area contributed by atoms with Crippen molar-refractivity contribution in [3.05, 3.63) is 57.5 Å². The molecule has 1 saturated heterocycles. The second-order valence-corrected chi connectivity index (χ2v) is 8.03. The minimum atomic E-state index is -0.422. The van der Waals surface area contributed by atoms with Gasteiger partial charge in [0, 0.05) is 17.1 Å². The van der Waals surface area contributed by atoms with E-state index in [2.05, 4.69) is 20.3 Å². The molecule has 9 heteroatoms. The van der Waals surface area contributed by atoms with Crippen molar-refractivity contribution in [1.82, 2.24) is 15.0 Å². The monoisotopic (exact) mass is 427 g/mol. The van der Waals surface area contributed by atoms with Crippen molar-refractivity contribution in [2.75, 3.05) is 16.8 Å². The van der Waals surface area contributed by atoms with Crippen LogP contribution in [0.5, 0.6) is 0 Å². The van der Waals surface area contributed by atoms with E-state index in [1.807, 2.05) is 32.9 Å². The molecule has 1 aliphatic heterocycles. The number of benzene rings is 1. The zero-order chi connectivity index (χ0) is 21.4. The van der Waals surface area contributed by atoms with Crippen molar-refractivity contribution >= 4 is 40.4 Å². The van der Waals surface area contributed by atoms with Crippen molar-refractivity contribution in [2.45, 2.75) is 32.9 Å². The van der Waals surface area contributed by atoms with Gasteiger partial charge < -0.3 is 15.0 Å².